The van der Waals surface area contributed by atoms with E-state index in [9.17, 15) is 9.59 Å². The molecule has 0 radical (unpaired) electrons. The number of hydrogen-bond donors (Lipinski definition) is 1. The molecule has 1 aliphatic rings. The minimum absolute atomic E-state index is 0.0136. The fraction of sp³-hybridized carbons (Fsp3) is 0.300. The van der Waals surface area contributed by atoms with Crippen LogP contribution < -0.4 is 19.7 Å². The first-order valence-corrected chi connectivity index (χ1v) is 8.49. The fourth-order valence-electron chi connectivity index (χ4n) is 2.95. The van der Waals surface area contributed by atoms with Crippen LogP contribution in [0.4, 0.5) is 5.69 Å². The molecule has 1 saturated heterocycles. The Kier molecular flexibility index (Phi) is 5.41. The van der Waals surface area contributed by atoms with Crippen LogP contribution in [0.2, 0.25) is 0 Å². The Bertz CT molecular complexity index is 789. The third-order valence-electron chi connectivity index (χ3n) is 4.33. The summed E-state index contributed by atoms with van der Waals surface area (Å²) in [4.78, 5) is 26.1. The highest BCUT2D eigenvalue weighted by atomic mass is 16.5. The van der Waals surface area contributed by atoms with Crippen LogP contribution in [-0.2, 0) is 9.59 Å². The molecule has 3 rings (SSSR count). The van der Waals surface area contributed by atoms with Gasteiger partial charge in [0, 0.05) is 18.7 Å². The van der Waals surface area contributed by atoms with Gasteiger partial charge in [-0.15, -0.1) is 0 Å². The molecule has 0 bridgehead atoms. The first kappa shape index (κ1) is 17.8. The van der Waals surface area contributed by atoms with Gasteiger partial charge in [0.2, 0.25) is 5.91 Å². The number of para-hydroxylation sites is 1. The average molecular weight is 354 g/mol. The quantitative estimate of drug-likeness (QED) is 0.864. The summed E-state index contributed by atoms with van der Waals surface area (Å²) in [6.07, 6.45) is 0.280. The SMILES string of the molecule is COc1ccc(N2C[C@H](NC(=O)COc3ccccc3C)CC2=O)cc1. The monoisotopic (exact) mass is 354 g/mol. The maximum atomic E-state index is 12.3. The fourth-order valence-corrected chi connectivity index (χ4v) is 2.95. The Morgan fingerprint density at radius 3 is 2.62 bits per heavy atom. The number of carbonyl (C=O) groups excluding carboxylic acids is 2. The summed E-state index contributed by atoms with van der Waals surface area (Å²) >= 11 is 0. The molecule has 1 heterocycles. The predicted molar refractivity (Wildman–Crippen MR) is 98.6 cm³/mol. The van der Waals surface area contributed by atoms with Gasteiger partial charge in [-0.25, -0.2) is 0 Å². The number of rotatable bonds is 6. The lowest BCUT2D eigenvalue weighted by Crippen LogP contribution is -2.39. The minimum atomic E-state index is -0.234. The Balaban J connectivity index is 1.53. The predicted octanol–water partition coefficient (Wildman–Crippen LogP) is 2.30. The summed E-state index contributed by atoms with van der Waals surface area (Å²) in [6.45, 7) is 2.30. The van der Waals surface area contributed by atoms with Crippen molar-refractivity contribution in [2.45, 2.75) is 19.4 Å². The number of methoxy groups -OCH3 is 1. The van der Waals surface area contributed by atoms with E-state index in [1.165, 1.54) is 0 Å². The van der Waals surface area contributed by atoms with Crippen molar-refractivity contribution in [2.24, 2.45) is 0 Å². The summed E-state index contributed by atoms with van der Waals surface area (Å²) in [5, 5.41) is 2.87. The molecule has 1 fully saturated rings. The molecule has 2 aromatic rings. The van der Waals surface area contributed by atoms with Crippen molar-refractivity contribution in [3.63, 3.8) is 0 Å². The molecule has 0 saturated carbocycles. The van der Waals surface area contributed by atoms with Gasteiger partial charge in [-0.1, -0.05) is 18.2 Å². The molecular weight excluding hydrogens is 332 g/mol. The van der Waals surface area contributed by atoms with E-state index < -0.39 is 0 Å². The van der Waals surface area contributed by atoms with Crippen LogP contribution in [0.5, 0.6) is 11.5 Å². The van der Waals surface area contributed by atoms with Crippen molar-refractivity contribution < 1.29 is 19.1 Å². The standard InChI is InChI=1S/C20H22N2O4/c1-14-5-3-4-6-18(14)26-13-19(23)21-15-11-20(24)22(12-15)16-7-9-17(25-2)10-8-16/h3-10,15H,11-13H2,1-2H3,(H,21,23)/t15-/m1/s1. The summed E-state index contributed by atoms with van der Waals surface area (Å²) < 4.78 is 10.7. The van der Waals surface area contributed by atoms with Gasteiger partial charge in [0.05, 0.1) is 13.2 Å². The number of benzene rings is 2. The van der Waals surface area contributed by atoms with Crippen LogP contribution in [0.15, 0.2) is 48.5 Å². The van der Waals surface area contributed by atoms with E-state index in [2.05, 4.69) is 5.32 Å². The van der Waals surface area contributed by atoms with Crippen LogP contribution in [0, 0.1) is 6.92 Å². The summed E-state index contributed by atoms with van der Waals surface area (Å²) in [7, 11) is 1.60. The second-order valence-corrected chi connectivity index (χ2v) is 6.23. The molecule has 2 amide bonds. The van der Waals surface area contributed by atoms with E-state index in [1.54, 1.807) is 12.0 Å². The lowest BCUT2D eigenvalue weighted by atomic mass is 10.2. The molecule has 1 N–H and O–H groups in total. The number of amides is 2. The van der Waals surface area contributed by atoms with Gasteiger partial charge in [0.15, 0.2) is 6.61 Å². The second kappa shape index (κ2) is 7.91. The van der Waals surface area contributed by atoms with E-state index >= 15 is 0 Å². The largest absolute Gasteiger partial charge is 0.497 e. The van der Waals surface area contributed by atoms with Crippen LogP contribution in [-0.4, -0.2) is 38.1 Å². The highest BCUT2D eigenvalue weighted by molar-refractivity contribution is 5.97. The topological polar surface area (TPSA) is 67.9 Å². The van der Waals surface area contributed by atoms with Crippen molar-refractivity contribution in [1.82, 2.24) is 5.32 Å². The third-order valence-corrected chi connectivity index (χ3v) is 4.33. The summed E-state index contributed by atoms with van der Waals surface area (Å²) in [5.74, 6) is 1.17. The Labute approximate surface area is 152 Å². The average Bonchev–Trinajstić information content (AvgIpc) is 3.01. The van der Waals surface area contributed by atoms with Crippen molar-refractivity contribution in [2.75, 3.05) is 25.2 Å². The molecule has 6 heteroatoms. The van der Waals surface area contributed by atoms with Gasteiger partial charge < -0.3 is 19.7 Å². The maximum absolute atomic E-state index is 12.3. The first-order chi connectivity index (χ1) is 12.6. The van der Waals surface area contributed by atoms with Crippen molar-refractivity contribution >= 4 is 17.5 Å². The Morgan fingerprint density at radius 1 is 1.19 bits per heavy atom. The number of nitrogens with zero attached hydrogens (tertiary/aromatic N) is 1. The second-order valence-electron chi connectivity index (χ2n) is 6.23. The first-order valence-electron chi connectivity index (χ1n) is 8.49. The van der Waals surface area contributed by atoms with Gasteiger partial charge in [-0.3, -0.25) is 9.59 Å². The zero-order chi connectivity index (χ0) is 18.5. The zero-order valence-corrected chi connectivity index (χ0v) is 14.9. The molecule has 6 nitrogen and oxygen atoms in total. The van der Waals surface area contributed by atoms with E-state index in [0.29, 0.717) is 12.3 Å². The van der Waals surface area contributed by atoms with E-state index in [1.807, 2.05) is 55.5 Å². The number of hydrogen-bond acceptors (Lipinski definition) is 4. The highest BCUT2D eigenvalue weighted by Gasteiger charge is 2.31. The number of nitrogens with one attached hydrogen (secondary N) is 1. The van der Waals surface area contributed by atoms with Crippen molar-refractivity contribution in [3.8, 4) is 11.5 Å². The maximum Gasteiger partial charge on any atom is 0.258 e. The smallest absolute Gasteiger partial charge is 0.258 e. The zero-order valence-electron chi connectivity index (χ0n) is 14.9. The summed E-state index contributed by atoms with van der Waals surface area (Å²) in [5.41, 5.74) is 1.77. The van der Waals surface area contributed by atoms with Crippen LogP contribution in [0.3, 0.4) is 0 Å². The van der Waals surface area contributed by atoms with Crippen molar-refractivity contribution in [3.05, 3.63) is 54.1 Å². The van der Waals surface area contributed by atoms with Crippen LogP contribution in [0.1, 0.15) is 12.0 Å². The van der Waals surface area contributed by atoms with Gasteiger partial charge in [0.25, 0.3) is 5.91 Å². The van der Waals surface area contributed by atoms with Gasteiger partial charge >= 0.3 is 0 Å². The normalized spacial score (nSPS) is 16.5. The Morgan fingerprint density at radius 2 is 1.92 bits per heavy atom. The lowest BCUT2D eigenvalue weighted by molar-refractivity contribution is -0.123. The van der Waals surface area contributed by atoms with Gasteiger partial charge in [0.1, 0.15) is 11.5 Å². The third kappa shape index (κ3) is 4.14. The lowest BCUT2D eigenvalue weighted by Gasteiger charge is -2.17. The molecule has 136 valence electrons. The molecule has 0 unspecified atom stereocenters. The van der Waals surface area contributed by atoms with Gasteiger partial charge in [-0.2, -0.15) is 0 Å². The van der Waals surface area contributed by atoms with E-state index in [-0.39, 0.29) is 30.9 Å². The van der Waals surface area contributed by atoms with Crippen molar-refractivity contribution in [1.29, 1.82) is 0 Å². The molecule has 0 aliphatic carbocycles. The summed E-state index contributed by atoms with van der Waals surface area (Å²) in [6, 6.07) is 14.6. The molecule has 1 atom stereocenters. The molecular formula is C20H22N2O4. The molecule has 2 aromatic carbocycles. The molecule has 0 spiro atoms. The molecule has 26 heavy (non-hydrogen) atoms. The van der Waals surface area contributed by atoms with Gasteiger partial charge in [-0.05, 0) is 42.8 Å². The Hall–Kier alpha value is -3.02. The number of carbonyl (C=O) groups is 2. The molecule has 1 aliphatic heterocycles. The highest BCUT2D eigenvalue weighted by Crippen LogP contribution is 2.24. The minimum Gasteiger partial charge on any atom is -0.497 e. The number of ether oxygens (including phenoxy) is 2. The number of anilines is 1. The number of aryl methyl sites for hydroxylation is 1. The van der Waals surface area contributed by atoms with E-state index in [0.717, 1.165) is 17.0 Å². The van der Waals surface area contributed by atoms with Crippen LogP contribution >= 0.6 is 0 Å². The van der Waals surface area contributed by atoms with E-state index in [4.69, 9.17) is 9.47 Å². The van der Waals surface area contributed by atoms with Crippen LogP contribution in [0.25, 0.3) is 0 Å². The molecule has 0 aromatic heterocycles.